The summed E-state index contributed by atoms with van der Waals surface area (Å²) >= 11 is 0. The van der Waals surface area contributed by atoms with Gasteiger partial charge in [0.25, 0.3) is 0 Å². The first kappa shape index (κ1) is 14.6. The number of hydrogen-bond donors (Lipinski definition) is 1. The fourth-order valence-electron chi connectivity index (χ4n) is 2.51. The minimum absolute atomic E-state index is 0.0492. The van der Waals surface area contributed by atoms with Crippen molar-refractivity contribution in [2.45, 2.75) is 38.1 Å². The van der Waals surface area contributed by atoms with Crippen molar-refractivity contribution in [3.63, 3.8) is 0 Å². The van der Waals surface area contributed by atoms with Crippen LogP contribution in [0.3, 0.4) is 0 Å². The van der Waals surface area contributed by atoms with Gasteiger partial charge < -0.3 is 9.88 Å². The molecule has 2 aromatic rings. The Morgan fingerprint density at radius 2 is 2.23 bits per heavy atom. The maximum Gasteiger partial charge on any atom is 0.435 e. The van der Waals surface area contributed by atoms with Gasteiger partial charge in [-0.25, -0.2) is 4.98 Å². The van der Waals surface area contributed by atoms with Crippen LogP contribution in [0.5, 0.6) is 0 Å². The van der Waals surface area contributed by atoms with Gasteiger partial charge in [-0.3, -0.25) is 9.48 Å². The van der Waals surface area contributed by atoms with Crippen LogP contribution in [-0.4, -0.2) is 31.3 Å². The van der Waals surface area contributed by atoms with Gasteiger partial charge in [-0.1, -0.05) is 0 Å². The van der Waals surface area contributed by atoms with E-state index in [0.29, 0.717) is 6.54 Å². The summed E-state index contributed by atoms with van der Waals surface area (Å²) in [5.74, 6) is 0.623. The van der Waals surface area contributed by atoms with E-state index in [0.717, 1.165) is 35.6 Å². The zero-order chi connectivity index (χ0) is 15.7. The van der Waals surface area contributed by atoms with Crippen LogP contribution in [0, 0.1) is 0 Å². The second-order valence-corrected chi connectivity index (χ2v) is 5.20. The predicted molar refractivity (Wildman–Crippen MR) is 69.7 cm³/mol. The van der Waals surface area contributed by atoms with Gasteiger partial charge in [0.05, 0.1) is 0 Å². The summed E-state index contributed by atoms with van der Waals surface area (Å²) < 4.78 is 40.3. The van der Waals surface area contributed by atoms with Gasteiger partial charge in [0.15, 0.2) is 5.69 Å². The van der Waals surface area contributed by atoms with Crippen molar-refractivity contribution in [2.75, 3.05) is 0 Å². The Balaban J connectivity index is 1.56. The van der Waals surface area contributed by atoms with Gasteiger partial charge in [0.2, 0.25) is 5.91 Å². The zero-order valence-corrected chi connectivity index (χ0v) is 11.5. The molecule has 3 heterocycles. The fraction of sp³-hybridized carbons (Fsp3) is 0.462. The molecule has 22 heavy (non-hydrogen) atoms. The average molecular weight is 313 g/mol. The number of rotatable bonds is 3. The highest BCUT2D eigenvalue weighted by atomic mass is 19.4. The summed E-state index contributed by atoms with van der Waals surface area (Å²) in [6.07, 6.45) is 1.73. The lowest BCUT2D eigenvalue weighted by atomic mass is 10.1. The first-order chi connectivity index (χ1) is 10.4. The monoisotopic (exact) mass is 313 g/mol. The standard InChI is InChI=1S/C13H14F3N5O/c14-13(15,16)10-3-5-21(19-10)8-12(22)18-9-1-2-11-17-4-6-20(11)7-9/h3-6,9H,1-2,7-8H2,(H,18,22)/t9-/m1/s1. The maximum atomic E-state index is 12.4. The molecule has 0 spiro atoms. The van der Waals surface area contributed by atoms with E-state index < -0.39 is 11.9 Å². The number of nitrogens with one attached hydrogen (secondary N) is 1. The number of aryl methyl sites for hydroxylation is 1. The van der Waals surface area contributed by atoms with Crippen molar-refractivity contribution in [1.29, 1.82) is 0 Å². The molecule has 1 amide bonds. The number of carbonyl (C=O) groups is 1. The van der Waals surface area contributed by atoms with Gasteiger partial charge in [-0.05, 0) is 12.5 Å². The molecule has 1 aliphatic heterocycles. The summed E-state index contributed by atoms with van der Waals surface area (Å²) in [4.78, 5) is 16.1. The van der Waals surface area contributed by atoms with Crippen molar-refractivity contribution in [3.8, 4) is 0 Å². The molecule has 118 valence electrons. The molecule has 0 aromatic carbocycles. The smallest absolute Gasteiger partial charge is 0.350 e. The lowest BCUT2D eigenvalue weighted by molar-refractivity contribution is -0.141. The Morgan fingerprint density at radius 1 is 1.41 bits per heavy atom. The SMILES string of the molecule is O=C(Cn1ccc(C(F)(F)F)n1)N[C@@H]1CCc2nccn2C1. The van der Waals surface area contributed by atoms with E-state index in [9.17, 15) is 18.0 Å². The lowest BCUT2D eigenvalue weighted by Gasteiger charge is -2.24. The highest BCUT2D eigenvalue weighted by Crippen LogP contribution is 2.27. The second-order valence-electron chi connectivity index (χ2n) is 5.20. The molecule has 1 N–H and O–H groups in total. The van der Waals surface area contributed by atoms with E-state index in [1.807, 2.05) is 10.8 Å². The average Bonchev–Trinajstić information content (AvgIpc) is 3.05. The molecule has 3 rings (SSSR count). The lowest BCUT2D eigenvalue weighted by Crippen LogP contribution is -2.42. The summed E-state index contributed by atoms with van der Waals surface area (Å²) in [7, 11) is 0. The number of halogens is 3. The van der Waals surface area contributed by atoms with Gasteiger partial charge in [0.1, 0.15) is 12.4 Å². The molecule has 0 aliphatic carbocycles. The topological polar surface area (TPSA) is 64.7 Å². The van der Waals surface area contributed by atoms with Crippen molar-refractivity contribution in [1.82, 2.24) is 24.6 Å². The summed E-state index contributed by atoms with van der Waals surface area (Å²) in [5.41, 5.74) is -0.999. The van der Waals surface area contributed by atoms with Crippen molar-refractivity contribution in [2.24, 2.45) is 0 Å². The van der Waals surface area contributed by atoms with E-state index in [1.54, 1.807) is 6.20 Å². The summed E-state index contributed by atoms with van der Waals surface area (Å²) in [6, 6.07) is 0.804. The predicted octanol–water partition coefficient (Wildman–Crippen LogP) is 1.23. The molecule has 1 aliphatic rings. The van der Waals surface area contributed by atoms with E-state index in [-0.39, 0.29) is 18.5 Å². The fourth-order valence-corrected chi connectivity index (χ4v) is 2.51. The third-order valence-corrected chi connectivity index (χ3v) is 3.54. The van der Waals surface area contributed by atoms with Crippen LogP contribution in [0.4, 0.5) is 13.2 Å². The van der Waals surface area contributed by atoms with Crippen LogP contribution >= 0.6 is 0 Å². The molecular weight excluding hydrogens is 299 g/mol. The quantitative estimate of drug-likeness (QED) is 0.927. The highest BCUT2D eigenvalue weighted by Gasteiger charge is 2.33. The zero-order valence-electron chi connectivity index (χ0n) is 11.5. The van der Waals surface area contributed by atoms with Crippen molar-refractivity contribution >= 4 is 5.91 Å². The van der Waals surface area contributed by atoms with E-state index >= 15 is 0 Å². The van der Waals surface area contributed by atoms with Crippen molar-refractivity contribution < 1.29 is 18.0 Å². The number of carbonyl (C=O) groups excluding carboxylic acids is 1. The number of alkyl halides is 3. The van der Waals surface area contributed by atoms with Crippen LogP contribution < -0.4 is 5.32 Å². The molecule has 0 radical (unpaired) electrons. The van der Waals surface area contributed by atoms with Gasteiger partial charge in [-0.15, -0.1) is 0 Å². The third-order valence-electron chi connectivity index (χ3n) is 3.54. The van der Waals surface area contributed by atoms with Crippen LogP contribution in [0.2, 0.25) is 0 Å². The summed E-state index contributed by atoms with van der Waals surface area (Å²) in [5, 5.41) is 6.17. The molecule has 9 heteroatoms. The number of imidazole rings is 1. The van der Waals surface area contributed by atoms with Crippen molar-refractivity contribution in [3.05, 3.63) is 36.2 Å². The molecule has 0 saturated heterocycles. The Bertz CT molecular complexity index is 675. The Morgan fingerprint density at radius 3 is 2.95 bits per heavy atom. The highest BCUT2D eigenvalue weighted by molar-refractivity contribution is 5.75. The molecule has 6 nitrogen and oxygen atoms in total. The molecule has 0 bridgehead atoms. The molecule has 0 unspecified atom stereocenters. The largest absolute Gasteiger partial charge is 0.435 e. The van der Waals surface area contributed by atoms with E-state index in [4.69, 9.17) is 0 Å². The molecule has 1 atom stereocenters. The summed E-state index contributed by atoms with van der Waals surface area (Å²) in [6.45, 7) is 0.386. The van der Waals surface area contributed by atoms with Gasteiger partial charge in [0, 0.05) is 37.6 Å². The molecule has 0 saturated carbocycles. The minimum Gasteiger partial charge on any atom is -0.350 e. The van der Waals surface area contributed by atoms with Gasteiger partial charge >= 0.3 is 6.18 Å². The van der Waals surface area contributed by atoms with Crippen LogP contribution in [0.25, 0.3) is 0 Å². The van der Waals surface area contributed by atoms with E-state index in [1.165, 1.54) is 0 Å². The molecule has 2 aromatic heterocycles. The Hall–Kier alpha value is -2.32. The number of hydrogen-bond acceptors (Lipinski definition) is 3. The minimum atomic E-state index is -4.50. The van der Waals surface area contributed by atoms with Gasteiger partial charge in [-0.2, -0.15) is 18.3 Å². The van der Waals surface area contributed by atoms with Crippen LogP contribution in [0.1, 0.15) is 17.9 Å². The Labute approximate surface area is 123 Å². The number of fused-ring (bicyclic) bond motifs is 1. The first-order valence-corrected chi connectivity index (χ1v) is 6.82. The van der Waals surface area contributed by atoms with Crippen LogP contribution in [-0.2, 0) is 30.5 Å². The second kappa shape index (κ2) is 5.47. The normalized spacial score (nSPS) is 18.0. The number of aromatic nitrogens is 4. The molecular formula is C13H14F3N5O. The number of amides is 1. The van der Waals surface area contributed by atoms with Crippen LogP contribution in [0.15, 0.2) is 24.7 Å². The number of nitrogens with zero attached hydrogens (tertiary/aromatic N) is 4. The Kier molecular flexibility index (Phi) is 3.63. The van der Waals surface area contributed by atoms with E-state index in [2.05, 4.69) is 15.4 Å². The maximum absolute atomic E-state index is 12.4. The molecule has 0 fully saturated rings. The third kappa shape index (κ3) is 3.12. The first-order valence-electron chi connectivity index (χ1n) is 6.82.